The van der Waals surface area contributed by atoms with Gasteiger partial charge in [-0.3, -0.25) is 19.8 Å². The maximum absolute atomic E-state index is 11.3. The number of carbonyl (C=O) groups excluding carboxylic acids is 2. The van der Waals surface area contributed by atoms with E-state index < -0.39 is 0 Å². The van der Waals surface area contributed by atoms with Crippen LogP contribution in [0.5, 0.6) is 0 Å². The molecule has 1 heterocycles. The van der Waals surface area contributed by atoms with Gasteiger partial charge in [0, 0.05) is 25.2 Å². The summed E-state index contributed by atoms with van der Waals surface area (Å²) in [5, 5.41) is 5.42. The Morgan fingerprint density at radius 3 is 2.29 bits per heavy atom. The highest BCUT2D eigenvalue weighted by Gasteiger charge is 2.29. The first-order valence-corrected chi connectivity index (χ1v) is 6.24. The molecule has 17 heavy (non-hydrogen) atoms. The number of carbonyl (C=O) groups is 2. The Hall–Kier alpha value is -0.940. The Kier molecular flexibility index (Phi) is 5.08. The topological polar surface area (TPSA) is 61.4 Å². The molecule has 0 radical (unpaired) electrons. The molecule has 5 nitrogen and oxygen atoms in total. The molecule has 0 saturated carbocycles. The number of nitrogens with zero attached hydrogens (tertiary/aromatic N) is 1. The van der Waals surface area contributed by atoms with Crippen molar-refractivity contribution in [1.82, 2.24) is 15.5 Å². The Morgan fingerprint density at radius 2 is 1.88 bits per heavy atom. The molecule has 1 saturated heterocycles. The van der Waals surface area contributed by atoms with Gasteiger partial charge in [-0.05, 0) is 27.7 Å². The first-order valence-electron chi connectivity index (χ1n) is 6.24. The summed E-state index contributed by atoms with van der Waals surface area (Å²) in [7, 11) is 0. The number of amides is 2. The minimum Gasteiger partial charge on any atom is -0.304 e. The maximum atomic E-state index is 11.3. The lowest BCUT2D eigenvalue weighted by molar-refractivity contribution is -0.125. The maximum Gasteiger partial charge on any atom is 0.244 e. The van der Waals surface area contributed by atoms with Crippen LogP contribution in [0.1, 0.15) is 34.1 Å². The van der Waals surface area contributed by atoms with Crippen LogP contribution in [0.4, 0.5) is 0 Å². The second kappa shape index (κ2) is 6.12. The summed E-state index contributed by atoms with van der Waals surface area (Å²) in [5.41, 5.74) is 0. The lowest BCUT2D eigenvalue weighted by Crippen LogP contribution is -2.45. The minimum atomic E-state index is -0.344. The second-order valence-electron chi connectivity index (χ2n) is 5.05. The molecule has 0 bridgehead atoms. The summed E-state index contributed by atoms with van der Waals surface area (Å²) in [4.78, 5) is 24.7. The van der Waals surface area contributed by atoms with Crippen molar-refractivity contribution in [2.24, 2.45) is 0 Å². The van der Waals surface area contributed by atoms with Crippen molar-refractivity contribution >= 4 is 11.8 Å². The Morgan fingerprint density at radius 1 is 1.29 bits per heavy atom. The third kappa shape index (κ3) is 4.09. The van der Waals surface area contributed by atoms with E-state index in [1.165, 1.54) is 0 Å². The van der Waals surface area contributed by atoms with Crippen LogP contribution in [0.3, 0.4) is 0 Å². The summed E-state index contributed by atoms with van der Waals surface area (Å²) in [6.07, 6.45) is 0.266. The van der Waals surface area contributed by atoms with E-state index in [1.54, 1.807) is 0 Å². The number of rotatable bonds is 6. The largest absolute Gasteiger partial charge is 0.304 e. The van der Waals surface area contributed by atoms with E-state index in [0.717, 1.165) is 13.1 Å². The van der Waals surface area contributed by atoms with E-state index in [2.05, 4.69) is 43.2 Å². The molecule has 2 amide bonds. The molecule has 0 aromatic carbocycles. The first-order chi connectivity index (χ1) is 7.91. The standard InChI is InChI=1S/C12H23N3O2/c1-8(2)15(9(3)4)6-5-13-10-7-11(16)14-12(10)17/h8-10,13H,5-7H2,1-4H3,(H,14,16,17). The van der Waals surface area contributed by atoms with E-state index in [4.69, 9.17) is 0 Å². The van der Waals surface area contributed by atoms with Crippen molar-refractivity contribution in [3.63, 3.8) is 0 Å². The number of nitrogens with one attached hydrogen (secondary N) is 2. The molecule has 0 aromatic rings. The van der Waals surface area contributed by atoms with Gasteiger partial charge in [-0.25, -0.2) is 0 Å². The van der Waals surface area contributed by atoms with E-state index in [1.807, 2.05) is 0 Å². The Labute approximate surface area is 103 Å². The van der Waals surface area contributed by atoms with Gasteiger partial charge in [0.05, 0.1) is 12.5 Å². The van der Waals surface area contributed by atoms with E-state index >= 15 is 0 Å². The van der Waals surface area contributed by atoms with Crippen molar-refractivity contribution in [2.75, 3.05) is 13.1 Å². The van der Waals surface area contributed by atoms with Crippen LogP contribution < -0.4 is 10.6 Å². The number of imide groups is 1. The SMILES string of the molecule is CC(C)N(CCNC1CC(=O)NC1=O)C(C)C. The molecule has 1 fully saturated rings. The summed E-state index contributed by atoms with van der Waals surface area (Å²) in [6, 6.07) is 0.621. The molecule has 0 spiro atoms. The van der Waals surface area contributed by atoms with Crippen molar-refractivity contribution in [3.05, 3.63) is 0 Å². The molecule has 1 rings (SSSR count). The molecule has 1 aliphatic rings. The van der Waals surface area contributed by atoms with Crippen molar-refractivity contribution in [1.29, 1.82) is 0 Å². The Balaban J connectivity index is 2.31. The zero-order valence-electron chi connectivity index (χ0n) is 11.1. The average molecular weight is 241 g/mol. The van der Waals surface area contributed by atoms with Crippen molar-refractivity contribution in [3.8, 4) is 0 Å². The van der Waals surface area contributed by atoms with Gasteiger partial charge >= 0.3 is 0 Å². The molecule has 1 aliphatic heterocycles. The van der Waals surface area contributed by atoms with Crippen molar-refractivity contribution < 1.29 is 9.59 Å². The summed E-state index contributed by atoms with van der Waals surface area (Å²) >= 11 is 0. The van der Waals surface area contributed by atoms with Crippen LogP contribution in [0, 0.1) is 0 Å². The zero-order valence-corrected chi connectivity index (χ0v) is 11.1. The molecule has 1 atom stereocenters. The lowest BCUT2D eigenvalue weighted by atomic mass is 10.2. The van der Waals surface area contributed by atoms with E-state index in [9.17, 15) is 9.59 Å². The zero-order chi connectivity index (χ0) is 13.0. The molecule has 0 aliphatic carbocycles. The fourth-order valence-electron chi connectivity index (χ4n) is 2.20. The van der Waals surface area contributed by atoms with Gasteiger partial charge in [0.15, 0.2) is 0 Å². The molecule has 1 unspecified atom stereocenters. The van der Waals surface area contributed by atoms with Gasteiger partial charge in [-0.2, -0.15) is 0 Å². The fourth-order valence-corrected chi connectivity index (χ4v) is 2.20. The third-order valence-corrected chi connectivity index (χ3v) is 3.06. The Bertz CT molecular complexity index is 281. The van der Waals surface area contributed by atoms with Crippen LogP contribution in [0.15, 0.2) is 0 Å². The van der Waals surface area contributed by atoms with Crippen LogP contribution in [-0.2, 0) is 9.59 Å². The van der Waals surface area contributed by atoms with E-state index in [0.29, 0.717) is 12.1 Å². The molecular formula is C12H23N3O2. The van der Waals surface area contributed by atoms with Crippen molar-refractivity contribution in [2.45, 2.75) is 52.2 Å². The summed E-state index contributed by atoms with van der Waals surface area (Å²) in [6.45, 7) is 10.2. The van der Waals surface area contributed by atoms with Crippen LogP contribution >= 0.6 is 0 Å². The fraction of sp³-hybridized carbons (Fsp3) is 0.833. The average Bonchev–Trinajstić information content (AvgIpc) is 2.51. The van der Waals surface area contributed by atoms with Crippen LogP contribution in [0.25, 0.3) is 0 Å². The smallest absolute Gasteiger partial charge is 0.244 e. The monoisotopic (exact) mass is 241 g/mol. The highest BCUT2D eigenvalue weighted by atomic mass is 16.2. The lowest BCUT2D eigenvalue weighted by Gasteiger charge is -2.30. The van der Waals surface area contributed by atoms with Crippen LogP contribution in [0.2, 0.25) is 0 Å². The van der Waals surface area contributed by atoms with Gasteiger partial charge in [0.1, 0.15) is 0 Å². The van der Waals surface area contributed by atoms with Gasteiger partial charge in [0.2, 0.25) is 11.8 Å². The number of hydrogen-bond donors (Lipinski definition) is 2. The quantitative estimate of drug-likeness (QED) is 0.648. The predicted molar refractivity (Wildman–Crippen MR) is 66.5 cm³/mol. The highest BCUT2D eigenvalue weighted by molar-refractivity contribution is 6.05. The van der Waals surface area contributed by atoms with E-state index in [-0.39, 0.29) is 24.3 Å². The van der Waals surface area contributed by atoms with Gasteiger partial charge in [-0.15, -0.1) is 0 Å². The highest BCUT2D eigenvalue weighted by Crippen LogP contribution is 2.05. The molecule has 98 valence electrons. The normalized spacial score (nSPS) is 20.8. The van der Waals surface area contributed by atoms with Gasteiger partial charge in [0.25, 0.3) is 0 Å². The molecule has 0 aromatic heterocycles. The van der Waals surface area contributed by atoms with Gasteiger partial charge < -0.3 is 5.32 Å². The molecule has 5 heteroatoms. The molecular weight excluding hydrogens is 218 g/mol. The minimum absolute atomic E-state index is 0.183. The predicted octanol–water partition coefficient (Wildman–Crippen LogP) is 0.110. The number of hydrogen-bond acceptors (Lipinski definition) is 4. The third-order valence-electron chi connectivity index (χ3n) is 3.06. The summed E-state index contributed by atoms with van der Waals surface area (Å²) < 4.78 is 0. The first kappa shape index (κ1) is 14.1. The van der Waals surface area contributed by atoms with Crippen LogP contribution in [-0.4, -0.2) is 47.9 Å². The second-order valence-corrected chi connectivity index (χ2v) is 5.05. The van der Waals surface area contributed by atoms with Gasteiger partial charge in [-0.1, -0.05) is 0 Å². The summed E-state index contributed by atoms with van der Waals surface area (Å²) in [5.74, 6) is -0.382. The molecule has 2 N–H and O–H groups in total.